The lowest BCUT2D eigenvalue weighted by Crippen LogP contribution is -2.43. The number of halogens is 2. The van der Waals surface area contributed by atoms with Crippen molar-refractivity contribution in [1.29, 1.82) is 0 Å². The molecular weight excluding hydrogens is 383 g/mol. The minimum atomic E-state index is -1.15. The molecule has 1 aliphatic rings. The zero-order valence-electron chi connectivity index (χ0n) is 13.2. The first-order chi connectivity index (χ1) is 12.3. The Balaban J connectivity index is 1.81. The van der Waals surface area contributed by atoms with Crippen LogP contribution in [0.15, 0.2) is 36.4 Å². The van der Waals surface area contributed by atoms with E-state index in [1.807, 2.05) is 0 Å². The van der Waals surface area contributed by atoms with Crippen LogP contribution in [0.3, 0.4) is 0 Å². The Morgan fingerprint density at radius 1 is 1.15 bits per heavy atom. The highest BCUT2D eigenvalue weighted by Crippen LogP contribution is 2.33. The van der Waals surface area contributed by atoms with Crippen LogP contribution in [0.1, 0.15) is 10.4 Å². The quantitative estimate of drug-likeness (QED) is 0.830. The van der Waals surface area contributed by atoms with E-state index in [9.17, 15) is 14.4 Å². The molecule has 2 amide bonds. The third kappa shape index (κ3) is 3.74. The van der Waals surface area contributed by atoms with Gasteiger partial charge in [-0.15, -0.1) is 0 Å². The summed E-state index contributed by atoms with van der Waals surface area (Å²) in [5, 5.41) is 12.4. The molecule has 0 spiro atoms. The van der Waals surface area contributed by atoms with Gasteiger partial charge in [0.1, 0.15) is 12.3 Å². The Kier molecular flexibility index (Phi) is 5.01. The summed E-state index contributed by atoms with van der Waals surface area (Å²) < 4.78 is 5.28. The van der Waals surface area contributed by atoms with Crippen LogP contribution >= 0.6 is 23.2 Å². The molecule has 134 valence electrons. The summed E-state index contributed by atoms with van der Waals surface area (Å²) in [5.74, 6) is -1.75. The molecule has 0 bridgehead atoms. The van der Waals surface area contributed by atoms with Crippen LogP contribution in [0.5, 0.6) is 5.75 Å². The summed E-state index contributed by atoms with van der Waals surface area (Å²) in [6.07, 6.45) is 0. The molecule has 0 aromatic heterocycles. The lowest BCUT2D eigenvalue weighted by atomic mass is 10.1. The Morgan fingerprint density at radius 3 is 2.62 bits per heavy atom. The van der Waals surface area contributed by atoms with Gasteiger partial charge in [-0.05, 0) is 36.4 Å². The van der Waals surface area contributed by atoms with Crippen LogP contribution < -0.4 is 15.0 Å². The summed E-state index contributed by atoms with van der Waals surface area (Å²) in [6, 6.07) is 8.71. The maximum absolute atomic E-state index is 12.3. The van der Waals surface area contributed by atoms with Gasteiger partial charge in [0.2, 0.25) is 5.91 Å². The number of carbonyl (C=O) groups is 3. The van der Waals surface area contributed by atoms with Crippen molar-refractivity contribution in [2.45, 2.75) is 0 Å². The average Bonchev–Trinajstić information content (AvgIpc) is 2.60. The van der Waals surface area contributed by atoms with Gasteiger partial charge in [-0.1, -0.05) is 23.2 Å². The third-order valence-corrected chi connectivity index (χ3v) is 4.39. The number of carboxylic acids is 1. The van der Waals surface area contributed by atoms with Crippen molar-refractivity contribution in [1.82, 2.24) is 0 Å². The van der Waals surface area contributed by atoms with Gasteiger partial charge in [0, 0.05) is 5.69 Å². The predicted octanol–water partition coefficient (Wildman–Crippen LogP) is 3.06. The monoisotopic (exact) mass is 394 g/mol. The second kappa shape index (κ2) is 7.23. The topological polar surface area (TPSA) is 95.9 Å². The van der Waals surface area contributed by atoms with Crippen molar-refractivity contribution in [2.75, 3.05) is 23.4 Å². The maximum Gasteiger partial charge on any atom is 0.335 e. The van der Waals surface area contributed by atoms with Crippen molar-refractivity contribution in [2.24, 2.45) is 0 Å². The second-order valence-corrected chi connectivity index (χ2v) is 6.25. The van der Waals surface area contributed by atoms with Crippen molar-refractivity contribution in [3.8, 4) is 5.75 Å². The Hall–Kier alpha value is -2.77. The molecule has 0 aliphatic carbocycles. The molecule has 2 N–H and O–H groups in total. The van der Waals surface area contributed by atoms with Gasteiger partial charge < -0.3 is 15.2 Å². The number of hydrogen-bond acceptors (Lipinski definition) is 4. The molecule has 0 unspecified atom stereocenters. The minimum absolute atomic E-state index is 0.0167. The second-order valence-electron chi connectivity index (χ2n) is 5.43. The standard InChI is InChI=1S/C17H12Cl2N2O5/c18-11-3-2-10(6-12(11)19)20-15(22)7-21-13-5-9(17(24)25)1-4-14(13)26-8-16(21)23/h1-6H,7-8H2,(H,20,22)(H,24,25). The first-order valence-corrected chi connectivity index (χ1v) is 8.16. The van der Waals surface area contributed by atoms with Crippen LogP contribution in [-0.4, -0.2) is 36.0 Å². The summed E-state index contributed by atoms with van der Waals surface area (Å²) in [6.45, 7) is -0.544. The normalized spacial score (nSPS) is 13.0. The van der Waals surface area contributed by atoms with Gasteiger partial charge in [0.15, 0.2) is 6.61 Å². The molecule has 0 radical (unpaired) electrons. The number of nitrogens with zero attached hydrogens (tertiary/aromatic N) is 1. The molecule has 1 aliphatic heterocycles. The minimum Gasteiger partial charge on any atom is -0.482 e. The molecule has 26 heavy (non-hydrogen) atoms. The van der Waals surface area contributed by atoms with Crippen molar-refractivity contribution in [3.63, 3.8) is 0 Å². The number of rotatable bonds is 4. The van der Waals surface area contributed by atoms with Gasteiger partial charge in [0.05, 0.1) is 21.3 Å². The van der Waals surface area contributed by atoms with E-state index in [4.69, 9.17) is 33.0 Å². The zero-order chi connectivity index (χ0) is 18.8. The molecule has 9 heteroatoms. The van der Waals surface area contributed by atoms with E-state index in [2.05, 4.69) is 5.32 Å². The van der Waals surface area contributed by atoms with E-state index < -0.39 is 17.8 Å². The zero-order valence-corrected chi connectivity index (χ0v) is 14.7. The van der Waals surface area contributed by atoms with E-state index in [0.29, 0.717) is 16.5 Å². The summed E-state index contributed by atoms with van der Waals surface area (Å²) in [4.78, 5) is 36.8. The number of nitrogens with one attached hydrogen (secondary N) is 1. The highest BCUT2D eigenvalue weighted by Gasteiger charge is 2.28. The molecule has 0 saturated heterocycles. The van der Waals surface area contributed by atoms with Gasteiger partial charge in [0.25, 0.3) is 5.91 Å². The smallest absolute Gasteiger partial charge is 0.335 e. The largest absolute Gasteiger partial charge is 0.482 e. The van der Waals surface area contributed by atoms with Gasteiger partial charge in [-0.3, -0.25) is 14.5 Å². The van der Waals surface area contributed by atoms with Crippen molar-refractivity contribution >= 4 is 52.4 Å². The Morgan fingerprint density at radius 2 is 1.92 bits per heavy atom. The maximum atomic E-state index is 12.3. The van der Waals surface area contributed by atoms with Crippen LogP contribution in [0, 0.1) is 0 Å². The number of ether oxygens (including phenoxy) is 1. The number of carbonyl (C=O) groups excluding carboxylic acids is 2. The summed E-state index contributed by atoms with van der Waals surface area (Å²) >= 11 is 11.7. The van der Waals surface area contributed by atoms with Crippen LogP contribution in [0.2, 0.25) is 10.0 Å². The number of carboxylic acid groups (broad SMARTS) is 1. The molecule has 7 nitrogen and oxygen atoms in total. The highest BCUT2D eigenvalue weighted by molar-refractivity contribution is 6.42. The molecule has 0 saturated carbocycles. The fourth-order valence-electron chi connectivity index (χ4n) is 2.43. The average molecular weight is 395 g/mol. The fourth-order valence-corrected chi connectivity index (χ4v) is 2.72. The van der Waals surface area contributed by atoms with Crippen molar-refractivity contribution < 1.29 is 24.2 Å². The van der Waals surface area contributed by atoms with Crippen LogP contribution in [0.4, 0.5) is 11.4 Å². The van der Waals surface area contributed by atoms with Crippen LogP contribution in [0.25, 0.3) is 0 Å². The van der Waals surface area contributed by atoms with Gasteiger partial charge >= 0.3 is 5.97 Å². The van der Waals surface area contributed by atoms with Gasteiger partial charge in [-0.2, -0.15) is 0 Å². The van der Waals surface area contributed by atoms with Crippen molar-refractivity contribution in [3.05, 3.63) is 52.0 Å². The summed E-state index contributed by atoms with van der Waals surface area (Å²) in [5.41, 5.74) is 0.631. The van der Waals surface area contributed by atoms with E-state index in [1.54, 1.807) is 6.07 Å². The third-order valence-electron chi connectivity index (χ3n) is 3.65. The number of aromatic carboxylic acids is 1. The molecule has 1 heterocycles. The lowest BCUT2D eigenvalue weighted by molar-refractivity contribution is -0.123. The van der Waals surface area contributed by atoms with E-state index in [1.165, 1.54) is 35.2 Å². The Bertz CT molecular complexity index is 916. The predicted molar refractivity (Wildman–Crippen MR) is 96.3 cm³/mol. The number of benzene rings is 2. The molecule has 0 fully saturated rings. The number of amides is 2. The number of hydrogen-bond donors (Lipinski definition) is 2. The van der Waals surface area contributed by atoms with E-state index in [-0.39, 0.29) is 29.4 Å². The molecule has 0 atom stereocenters. The van der Waals surface area contributed by atoms with Crippen LogP contribution in [-0.2, 0) is 9.59 Å². The number of anilines is 2. The molecule has 3 rings (SSSR count). The lowest BCUT2D eigenvalue weighted by Gasteiger charge is -2.29. The number of fused-ring (bicyclic) bond motifs is 1. The Labute approximate surface area is 158 Å². The molecular formula is C17H12Cl2N2O5. The first kappa shape index (κ1) is 18.0. The van der Waals surface area contributed by atoms with E-state index in [0.717, 1.165) is 0 Å². The highest BCUT2D eigenvalue weighted by atomic mass is 35.5. The molecule has 2 aromatic rings. The summed E-state index contributed by atoms with van der Waals surface area (Å²) in [7, 11) is 0. The van der Waals surface area contributed by atoms with Gasteiger partial charge in [-0.25, -0.2) is 4.79 Å². The van der Waals surface area contributed by atoms with E-state index >= 15 is 0 Å². The first-order valence-electron chi connectivity index (χ1n) is 7.40. The molecule has 2 aromatic carbocycles. The fraction of sp³-hybridized carbons (Fsp3) is 0.118. The SMILES string of the molecule is O=C(CN1C(=O)COc2ccc(C(=O)O)cc21)Nc1ccc(Cl)c(Cl)c1.